The lowest BCUT2D eigenvalue weighted by Gasteiger charge is -2.08. The summed E-state index contributed by atoms with van der Waals surface area (Å²) in [5, 5.41) is 12.9. The molecule has 3 rings (SSSR count). The summed E-state index contributed by atoms with van der Waals surface area (Å²) in [7, 11) is -0.309. The van der Waals surface area contributed by atoms with Crippen molar-refractivity contribution in [3.63, 3.8) is 0 Å². The van der Waals surface area contributed by atoms with Crippen LogP contribution in [-0.4, -0.2) is 39.8 Å². The zero-order chi connectivity index (χ0) is 11.4. The molecule has 16 heavy (non-hydrogen) atoms. The SMILES string of the molecule is CC12CC1(C)OB(c1cnn(CCO)c1)O2. The van der Waals surface area contributed by atoms with Crippen molar-refractivity contribution in [1.29, 1.82) is 0 Å². The number of rotatable bonds is 3. The predicted molar refractivity (Wildman–Crippen MR) is 58.3 cm³/mol. The van der Waals surface area contributed by atoms with E-state index in [0.717, 1.165) is 11.9 Å². The normalized spacial score (nSPS) is 36.6. The number of nitrogens with zero attached hydrogens (tertiary/aromatic N) is 2. The van der Waals surface area contributed by atoms with Crippen LogP contribution in [0.2, 0.25) is 0 Å². The van der Waals surface area contributed by atoms with Gasteiger partial charge in [0.1, 0.15) is 0 Å². The van der Waals surface area contributed by atoms with Crippen molar-refractivity contribution >= 4 is 12.6 Å². The molecule has 0 spiro atoms. The van der Waals surface area contributed by atoms with Gasteiger partial charge in [0.15, 0.2) is 0 Å². The van der Waals surface area contributed by atoms with Gasteiger partial charge >= 0.3 is 7.12 Å². The molecule has 2 heterocycles. The van der Waals surface area contributed by atoms with E-state index in [-0.39, 0.29) is 24.9 Å². The van der Waals surface area contributed by atoms with E-state index in [0.29, 0.717) is 6.54 Å². The maximum Gasteiger partial charge on any atom is 0.498 e. The summed E-state index contributed by atoms with van der Waals surface area (Å²) in [4.78, 5) is 0. The van der Waals surface area contributed by atoms with E-state index in [1.165, 1.54) is 0 Å². The minimum absolute atomic E-state index is 0.0862. The van der Waals surface area contributed by atoms with Crippen LogP contribution in [0, 0.1) is 0 Å². The summed E-state index contributed by atoms with van der Waals surface area (Å²) in [6.07, 6.45) is 4.55. The summed E-state index contributed by atoms with van der Waals surface area (Å²) >= 11 is 0. The van der Waals surface area contributed by atoms with E-state index in [4.69, 9.17) is 14.4 Å². The Hall–Kier alpha value is -0.845. The van der Waals surface area contributed by atoms with Gasteiger partial charge in [-0.25, -0.2) is 0 Å². The lowest BCUT2D eigenvalue weighted by molar-refractivity contribution is 0.187. The standard InChI is InChI=1S/C10H15BN2O3/c1-9-7-10(9,2)16-11(15-9)8-5-12-13(6-8)3-4-14/h5-6,14H,3-4,7H2,1-2H3. The first-order valence-corrected chi connectivity index (χ1v) is 5.55. The monoisotopic (exact) mass is 222 g/mol. The van der Waals surface area contributed by atoms with E-state index in [2.05, 4.69) is 18.9 Å². The first kappa shape index (κ1) is 10.3. The van der Waals surface area contributed by atoms with Crippen molar-refractivity contribution < 1.29 is 14.4 Å². The summed E-state index contributed by atoms with van der Waals surface area (Å²) in [6, 6.07) is 0. The molecule has 1 aliphatic carbocycles. The summed E-state index contributed by atoms with van der Waals surface area (Å²) < 4.78 is 13.4. The lowest BCUT2D eigenvalue weighted by atomic mass is 9.81. The Balaban J connectivity index is 1.74. The van der Waals surface area contributed by atoms with Crippen LogP contribution in [0.1, 0.15) is 20.3 Å². The van der Waals surface area contributed by atoms with Crippen molar-refractivity contribution in [3.05, 3.63) is 12.4 Å². The fraction of sp³-hybridized carbons (Fsp3) is 0.700. The third-order valence-electron chi connectivity index (χ3n) is 3.66. The van der Waals surface area contributed by atoms with Crippen molar-refractivity contribution in [2.45, 2.75) is 38.0 Å². The molecule has 1 saturated heterocycles. The van der Waals surface area contributed by atoms with E-state index in [9.17, 15) is 0 Å². The van der Waals surface area contributed by atoms with Gasteiger partial charge in [-0.1, -0.05) is 0 Å². The van der Waals surface area contributed by atoms with Gasteiger partial charge in [-0.3, -0.25) is 4.68 Å². The molecule has 5 nitrogen and oxygen atoms in total. The zero-order valence-corrected chi connectivity index (χ0v) is 9.51. The molecule has 1 N–H and O–H groups in total. The molecule has 2 atom stereocenters. The molecule has 2 fully saturated rings. The van der Waals surface area contributed by atoms with E-state index in [1.54, 1.807) is 10.9 Å². The molecule has 1 aromatic rings. The maximum atomic E-state index is 8.80. The lowest BCUT2D eigenvalue weighted by Crippen LogP contribution is -2.35. The Morgan fingerprint density at radius 3 is 2.81 bits per heavy atom. The molecular weight excluding hydrogens is 207 g/mol. The van der Waals surface area contributed by atoms with Crippen LogP contribution in [-0.2, 0) is 15.9 Å². The molecule has 2 aliphatic rings. The fourth-order valence-corrected chi connectivity index (χ4v) is 2.29. The van der Waals surface area contributed by atoms with Crippen molar-refractivity contribution in [3.8, 4) is 0 Å². The van der Waals surface area contributed by atoms with Gasteiger partial charge < -0.3 is 14.4 Å². The van der Waals surface area contributed by atoms with Crippen LogP contribution in [0.3, 0.4) is 0 Å². The molecule has 1 aromatic heterocycles. The zero-order valence-electron chi connectivity index (χ0n) is 9.51. The minimum atomic E-state index is -0.309. The predicted octanol–water partition coefficient (Wildman–Crippen LogP) is -0.462. The van der Waals surface area contributed by atoms with Crippen LogP contribution in [0.25, 0.3) is 0 Å². The number of hydrogen-bond acceptors (Lipinski definition) is 4. The van der Waals surface area contributed by atoms with Gasteiger partial charge in [-0.15, -0.1) is 0 Å². The topological polar surface area (TPSA) is 56.5 Å². The Labute approximate surface area is 94.5 Å². The molecule has 0 aromatic carbocycles. The molecule has 6 heteroatoms. The molecule has 1 saturated carbocycles. The van der Waals surface area contributed by atoms with Crippen LogP contribution in [0.15, 0.2) is 12.4 Å². The quantitative estimate of drug-likeness (QED) is 0.703. The third kappa shape index (κ3) is 1.34. The highest BCUT2D eigenvalue weighted by Crippen LogP contribution is 2.58. The van der Waals surface area contributed by atoms with E-state index < -0.39 is 0 Å². The Bertz CT molecular complexity index is 408. The van der Waals surface area contributed by atoms with Crippen molar-refractivity contribution in [2.24, 2.45) is 0 Å². The molecule has 86 valence electrons. The molecule has 0 amide bonds. The average Bonchev–Trinajstić information content (AvgIpc) is 2.59. The number of aromatic nitrogens is 2. The Morgan fingerprint density at radius 2 is 2.19 bits per heavy atom. The largest absolute Gasteiger partial charge is 0.498 e. The maximum absolute atomic E-state index is 8.80. The number of aliphatic hydroxyl groups is 1. The number of hydrogen-bond donors (Lipinski definition) is 1. The van der Waals surface area contributed by atoms with E-state index in [1.807, 2.05) is 6.20 Å². The van der Waals surface area contributed by atoms with Crippen molar-refractivity contribution in [1.82, 2.24) is 9.78 Å². The van der Waals surface area contributed by atoms with Gasteiger partial charge in [0.25, 0.3) is 0 Å². The van der Waals surface area contributed by atoms with Crippen LogP contribution < -0.4 is 5.46 Å². The molecule has 0 bridgehead atoms. The summed E-state index contributed by atoms with van der Waals surface area (Å²) in [5.41, 5.74) is 0.663. The first-order valence-electron chi connectivity index (χ1n) is 5.55. The first-order chi connectivity index (χ1) is 7.56. The highest BCUT2D eigenvalue weighted by Gasteiger charge is 2.71. The summed E-state index contributed by atoms with van der Waals surface area (Å²) in [5.74, 6) is 0. The second-order valence-electron chi connectivity index (χ2n) is 4.97. The van der Waals surface area contributed by atoms with Crippen LogP contribution in [0.4, 0.5) is 0 Å². The number of aliphatic hydroxyl groups excluding tert-OH is 1. The van der Waals surface area contributed by atoms with Gasteiger partial charge in [-0.2, -0.15) is 5.10 Å². The molecule has 1 aliphatic heterocycles. The third-order valence-corrected chi connectivity index (χ3v) is 3.66. The Morgan fingerprint density at radius 1 is 1.50 bits per heavy atom. The minimum Gasteiger partial charge on any atom is -0.399 e. The van der Waals surface area contributed by atoms with Crippen molar-refractivity contribution in [2.75, 3.05) is 6.61 Å². The van der Waals surface area contributed by atoms with Gasteiger partial charge in [0, 0.05) is 24.3 Å². The van der Waals surface area contributed by atoms with E-state index >= 15 is 0 Å². The number of fused-ring (bicyclic) bond motifs is 1. The van der Waals surface area contributed by atoms with Gasteiger partial charge in [0.05, 0.1) is 24.4 Å². The summed E-state index contributed by atoms with van der Waals surface area (Å²) in [6.45, 7) is 4.74. The van der Waals surface area contributed by atoms with Crippen LogP contribution in [0.5, 0.6) is 0 Å². The average molecular weight is 222 g/mol. The highest BCUT2D eigenvalue weighted by molar-refractivity contribution is 6.62. The van der Waals surface area contributed by atoms with Crippen LogP contribution >= 0.6 is 0 Å². The molecule has 2 unspecified atom stereocenters. The smallest absolute Gasteiger partial charge is 0.399 e. The fourth-order valence-electron chi connectivity index (χ4n) is 2.29. The second-order valence-corrected chi connectivity index (χ2v) is 4.97. The van der Waals surface area contributed by atoms with Gasteiger partial charge in [0.2, 0.25) is 0 Å². The molecule has 0 radical (unpaired) electrons. The second kappa shape index (κ2) is 3.09. The Kier molecular flexibility index (Phi) is 1.99. The highest BCUT2D eigenvalue weighted by atomic mass is 16.7. The molecular formula is C10H15BN2O3. The van der Waals surface area contributed by atoms with Gasteiger partial charge in [-0.05, 0) is 13.8 Å².